The second kappa shape index (κ2) is 8.39. The van der Waals surface area contributed by atoms with E-state index in [1.807, 2.05) is 0 Å². The van der Waals surface area contributed by atoms with Crippen molar-refractivity contribution in [3.63, 3.8) is 0 Å². The molecule has 0 aliphatic rings. The Bertz CT molecular complexity index is 1290. The number of non-ortho nitro benzene ring substituents is 1. The molecule has 4 aromatic rings. The first-order chi connectivity index (χ1) is 14.9. The molecule has 2 aromatic heterocycles. The van der Waals surface area contributed by atoms with Gasteiger partial charge in [-0.2, -0.15) is 4.98 Å². The number of aromatic nitrogens is 2. The average molecular weight is 421 g/mol. The van der Waals surface area contributed by atoms with Gasteiger partial charge in [-0.05, 0) is 41.3 Å². The second-order valence-electron chi connectivity index (χ2n) is 7.43. The molecule has 0 amide bonds. The second-order valence-corrected chi connectivity index (χ2v) is 7.43. The predicted octanol–water partition coefficient (Wildman–Crippen LogP) is 4.53. The lowest BCUT2D eigenvalue weighted by Gasteiger charge is -2.08. The van der Waals surface area contributed by atoms with Gasteiger partial charge in [0.25, 0.3) is 11.6 Å². The van der Waals surface area contributed by atoms with Crippen molar-refractivity contribution in [2.45, 2.75) is 26.9 Å². The lowest BCUT2D eigenvalue weighted by Crippen LogP contribution is -2.00. The number of nitro benzene ring substituents is 1. The van der Waals surface area contributed by atoms with Gasteiger partial charge in [0.2, 0.25) is 0 Å². The Balaban J connectivity index is 1.59. The van der Waals surface area contributed by atoms with E-state index in [-0.39, 0.29) is 12.3 Å². The fourth-order valence-electron chi connectivity index (χ4n) is 3.18. The fraction of sp³-hybridized carbons (Fsp3) is 0.227. The van der Waals surface area contributed by atoms with Crippen LogP contribution in [-0.2, 0) is 13.0 Å². The maximum absolute atomic E-state index is 12.1. The Morgan fingerprint density at radius 1 is 1.13 bits per heavy atom. The van der Waals surface area contributed by atoms with Crippen molar-refractivity contribution in [3.05, 3.63) is 80.8 Å². The zero-order valence-electron chi connectivity index (χ0n) is 16.9. The maximum Gasteiger partial charge on any atom is 0.336 e. The van der Waals surface area contributed by atoms with Crippen LogP contribution < -0.4 is 10.4 Å². The summed E-state index contributed by atoms with van der Waals surface area (Å²) in [5.41, 5.74) is 1.06. The van der Waals surface area contributed by atoms with Crippen LogP contribution in [-0.4, -0.2) is 15.1 Å². The molecule has 158 valence electrons. The summed E-state index contributed by atoms with van der Waals surface area (Å²) in [7, 11) is 0. The Labute approximate surface area is 176 Å². The minimum atomic E-state index is -0.534. The first-order valence-electron chi connectivity index (χ1n) is 9.66. The molecule has 0 radical (unpaired) electrons. The molecule has 0 bridgehead atoms. The Hall–Kier alpha value is -4.01. The topological polar surface area (TPSA) is 122 Å². The van der Waals surface area contributed by atoms with Gasteiger partial charge in [-0.15, -0.1) is 0 Å². The monoisotopic (exact) mass is 421 g/mol. The fourth-order valence-corrected chi connectivity index (χ4v) is 3.18. The molecular weight excluding hydrogens is 402 g/mol. The molecule has 0 spiro atoms. The number of rotatable bonds is 7. The standard InChI is InChI=1S/C22H19N3O6/c1-13(2)9-20-23-21(31-24-20)12-29-16-7-8-17-18(11-22(26)30-19(17)10-16)14-3-5-15(6-4-14)25(27)28/h3-8,10-11,13H,9,12H2,1-2H3. The third-order valence-corrected chi connectivity index (χ3v) is 4.57. The lowest BCUT2D eigenvalue weighted by molar-refractivity contribution is -0.384. The zero-order valence-corrected chi connectivity index (χ0v) is 16.9. The SMILES string of the molecule is CC(C)Cc1noc(COc2ccc3c(-c4ccc([N+](=O)[O-])cc4)cc(=O)oc3c2)n1. The third-order valence-electron chi connectivity index (χ3n) is 4.57. The van der Waals surface area contributed by atoms with Gasteiger partial charge in [-0.3, -0.25) is 10.1 Å². The molecule has 0 saturated heterocycles. The molecule has 9 heteroatoms. The van der Waals surface area contributed by atoms with Crippen LogP contribution in [0.5, 0.6) is 5.75 Å². The molecule has 0 unspecified atom stereocenters. The van der Waals surface area contributed by atoms with E-state index in [0.717, 1.165) is 6.42 Å². The molecule has 0 aliphatic carbocycles. The summed E-state index contributed by atoms with van der Waals surface area (Å²) in [6, 6.07) is 12.5. The van der Waals surface area contributed by atoms with Crippen molar-refractivity contribution in [2.75, 3.05) is 0 Å². The van der Waals surface area contributed by atoms with Crippen LogP contribution >= 0.6 is 0 Å². The van der Waals surface area contributed by atoms with E-state index in [0.29, 0.717) is 45.5 Å². The molecule has 0 saturated carbocycles. The Morgan fingerprint density at radius 2 is 1.90 bits per heavy atom. The van der Waals surface area contributed by atoms with Gasteiger partial charge in [0.1, 0.15) is 11.3 Å². The number of hydrogen-bond donors (Lipinski definition) is 0. The maximum atomic E-state index is 12.1. The number of nitrogens with zero attached hydrogens (tertiary/aromatic N) is 3. The normalized spacial score (nSPS) is 11.2. The van der Waals surface area contributed by atoms with Gasteiger partial charge in [-0.25, -0.2) is 4.79 Å². The number of fused-ring (bicyclic) bond motifs is 1. The molecule has 2 heterocycles. The first-order valence-corrected chi connectivity index (χ1v) is 9.66. The minimum absolute atomic E-state index is 0.0238. The van der Waals surface area contributed by atoms with Gasteiger partial charge < -0.3 is 13.7 Å². The van der Waals surface area contributed by atoms with Crippen molar-refractivity contribution >= 4 is 16.7 Å². The summed E-state index contributed by atoms with van der Waals surface area (Å²) in [5, 5.41) is 15.5. The zero-order chi connectivity index (χ0) is 22.0. The lowest BCUT2D eigenvalue weighted by atomic mass is 10.0. The summed E-state index contributed by atoms with van der Waals surface area (Å²) in [4.78, 5) is 26.8. The summed E-state index contributed by atoms with van der Waals surface area (Å²) in [5.74, 6) is 1.88. The molecule has 4 rings (SSSR count). The summed E-state index contributed by atoms with van der Waals surface area (Å²) in [6.45, 7) is 4.23. The third kappa shape index (κ3) is 4.61. The van der Waals surface area contributed by atoms with E-state index in [1.165, 1.54) is 18.2 Å². The van der Waals surface area contributed by atoms with Crippen LogP contribution in [0, 0.1) is 16.0 Å². The van der Waals surface area contributed by atoms with Crippen LogP contribution in [0.3, 0.4) is 0 Å². The molecule has 0 aliphatic heterocycles. The first kappa shape index (κ1) is 20.3. The van der Waals surface area contributed by atoms with Gasteiger partial charge in [0, 0.05) is 36.1 Å². The molecule has 2 aromatic carbocycles. The van der Waals surface area contributed by atoms with Crippen LogP contribution in [0.1, 0.15) is 25.6 Å². The molecule has 0 N–H and O–H groups in total. The number of hydrogen-bond acceptors (Lipinski definition) is 8. The van der Waals surface area contributed by atoms with E-state index >= 15 is 0 Å². The number of nitro groups is 1. The van der Waals surface area contributed by atoms with Crippen molar-refractivity contribution in [3.8, 4) is 16.9 Å². The molecule has 0 fully saturated rings. The highest BCUT2D eigenvalue weighted by molar-refractivity contribution is 5.93. The van der Waals surface area contributed by atoms with Crippen LogP contribution in [0.2, 0.25) is 0 Å². The van der Waals surface area contributed by atoms with E-state index < -0.39 is 10.5 Å². The minimum Gasteiger partial charge on any atom is -0.484 e. The quantitative estimate of drug-likeness (QED) is 0.242. The summed E-state index contributed by atoms with van der Waals surface area (Å²) in [6.07, 6.45) is 0.718. The van der Waals surface area contributed by atoms with Crippen molar-refractivity contribution in [1.29, 1.82) is 0 Å². The highest BCUT2D eigenvalue weighted by Crippen LogP contribution is 2.31. The van der Waals surface area contributed by atoms with Crippen LogP contribution in [0.15, 0.2) is 62.3 Å². The molecule has 0 atom stereocenters. The van der Waals surface area contributed by atoms with Crippen molar-refractivity contribution in [1.82, 2.24) is 10.1 Å². The smallest absolute Gasteiger partial charge is 0.336 e. The highest BCUT2D eigenvalue weighted by Gasteiger charge is 2.13. The molecular formula is C22H19N3O6. The molecule has 9 nitrogen and oxygen atoms in total. The van der Waals surface area contributed by atoms with Crippen molar-refractivity contribution < 1.29 is 18.6 Å². The Kier molecular flexibility index (Phi) is 5.48. The van der Waals surface area contributed by atoms with E-state index in [1.54, 1.807) is 30.3 Å². The van der Waals surface area contributed by atoms with E-state index in [9.17, 15) is 14.9 Å². The Morgan fingerprint density at radius 3 is 2.61 bits per heavy atom. The van der Waals surface area contributed by atoms with Gasteiger partial charge in [0.15, 0.2) is 12.4 Å². The largest absolute Gasteiger partial charge is 0.484 e. The number of ether oxygens (including phenoxy) is 1. The van der Waals surface area contributed by atoms with Crippen LogP contribution in [0.25, 0.3) is 22.1 Å². The average Bonchev–Trinajstić information content (AvgIpc) is 3.18. The van der Waals surface area contributed by atoms with Gasteiger partial charge >= 0.3 is 5.63 Å². The van der Waals surface area contributed by atoms with E-state index in [2.05, 4.69) is 24.0 Å². The summed E-state index contributed by atoms with van der Waals surface area (Å²) >= 11 is 0. The number of benzene rings is 2. The predicted molar refractivity (Wildman–Crippen MR) is 112 cm³/mol. The summed E-state index contributed by atoms with van der Waals surface area (Å²) < 4.78 is 16.2. The van der Waals surface area contributed by atoms with Gasteiger partial charge in [0.05, 0.1) is 4.92 Å². The van der Waals surface area contributed by atoms with Crippen molar-refractivity contribution in [2.24, 2.45) is 5.92 Å². The van der Waals surface area contributed by atoms with Crippen LogP contribution in [0.4, 0.5) is 5.69 Å². The van der Waals surface area contributed by atoms with E-state index in [4.69, 9.17) is 13.7 Å². The molecule has 31 heavy (non-hydrogen) atoms. The van der Waals surface area contributed by atoms with Gasteiger partial charge in [-0.1, -0.05) is 19.0 Å². The highest BCUT2D eigenvalue weighted by atomic mass is 16.6.